The summed E-state index contributed by atoms with van der Waals surface area (Å²) in [4.78, 5) is 0.351. The highest BCUT2D eigenvalue weighted by atomic mass is 32.2. The first-order valence-electron chi connectivity index (χ1n) is 6.97. The summed E-state index contributed by atoms with van der Waals surface area (Å²) < 4.78 is 27.3. The fourth-order valence-electron chi connectivity index (χ4n) is 2.43. The van der Waals surface area contributed by atoms with Gasteiger partial charge in [0.05, 0.1) is 4.90 Å². The average molecular weight is 331 g/mol. The Morgan fingerprint density at radius 3 is 2.38 bits per heavy atom. The average Bonchev–Trinajstić information content (AvgIpc) is 2.41. The van der Waals surface area contributed by atoms with E-state index >= 15 is 0 Å². The fraction of sp³-hybridized carbons (Fsp3) is 0.600. The molecule has 1 rings (SSSR count). The first-order valence-corrected chi connectivity index (χ1v) is 9.81. The van der Waals surface area contributed by atoms with Crippen LogP contribution in [0.1, 0.15) is 30.0 Å². The van der Waals surface area contributed by atoms with Gasteiger partial charge in [-0.15, -0.1) is 0 Å². The highest BCUT2D eigenvalue weighted by Crippen LogP contribution is 2.30. The van der Waals surface area contributed by atoms with E-state index in [1.54, 1.807) is 25.7 Å². The standard InChI is InChI=1S/C15H26N2O2S2/c1-10-9-11(2)15(13(4)14(10)16)21(18,19)17(5)12(3)7-8-20-6/h9,12H,7-8,16H2,1-6H3. The van der Waals surface area contributed by atoms with E-state index in [-0.39, 0.29) is 6.04 Å². The van der Waals surface area contributed by atoms with Gasteiger partial charge in [-0.3, -0.25) is 0 Å². The van der Waals surface area contributed by atoms with E-state index in [1.165, 1.54) is 4.31 Å². The number of hydrogen-bond acceptors (Lipinski definition) is 4. The lowest BCUT2D eigenvalue weighted by Crippen LogP contribution is -2.36. The molecule has 4 nitrogen and oxygen atoms in total. The Hall–Kier alpha value is -0.720. The molecule has 0 radical (unpaired) electrons. The van der Waals surface area contributed by atoms with Gasteiger partial charge in [-0.1, -0.05) is 6.07 Å². The molecule has 6 heteroatoms. The molecule has 0 aliphatic rings. The number of hydrogen-bond donors (Lipinski definition) is 1. The molecule has 0 saturated carbocycles. The van der Waals surface area contributed by atoms with Crippen LogP contribution in [0.15, 0.2) is 11.0 Å². The van der Waals surface area contributed by atoms with Crippen LogP contribution in [-0.2, 0) is 10.0 Å². The maximum atomic E-state index is 12.9. The summed E-state index contributed by atoms with van der Waals surface area (Å²) in [5, 5.41) is 0. The fourth-order valence-corrected chi connectivity index (χ4v) is 4.84. The predicted molar refractivity (Wildman–Crippen MR) is 92.5 cm³/mol. The maximum absolute atomic E-state index is 12.9. The van der Waals surface area contributed by atoms with Crippen LogP contribution in [0, 0.1) is 20.8 Å². The van der Waals surface area contributed by atoms with Gasteiger partial charge < -0.3 is 5.73 Å². The van der Waals surface area contributed by atoms with Gasteiger partial charge in [-0.05, 0) is 62.8 Å². The molecular formula is C15H26N2O2S2. The zero-order valence-corrected chi connectivity index (χ0v) is 15.4. The van der Waals surface area contributed by atoms with E-state index in [1.807, 2.05) is 33.1 Å². The monoisotopic (exact) mass is 330 g/mol. The van der Waals surface area contributed by atoms with Gasteiger partial charge in [-0.2, -0.15) is 16.1 Å². The lowest BCUT2D eigenvalue weighted by Gasteiger charge is -2.26. The highest BCUT2D eigenvalue weighted by Gasteiger charge is 2.29. The molecule has 1 atom stereocenters. The minimum atomic E-state index is -3.53. The van der Waals surface area contributed by atoms with Gasteiger partial charge in [0.25, 0.3) is 0 Å². The molecular weight excluding hydrogens is 304 g/mol. The molecule has 1 unspecified atom stereocenters. The molecule has 1 aromatic rings. The lowest BCUT2D eigenvalue weighted by molar-refractivity contribution is 0.382. The van der Waals surface area contributed by atoms with E-state index in [0.29, 0.717) is 16.1 Å². The van der Waals surface area contributed by atoms with Crippen molar-refractivity contribution in [3.05, 3.63) is 22.8 Å². The van der Waals surface area contributed by atoms with Gasteiger partial charge in [0.1, 0.15) is 0 Å². The van der Waals surface area contributed by atoms with Crippen LogP contribution in [0.5, 0.6) is 0 Å². The smallest absolute Gasteiger partial charge is 0.243 e. The number of aryl methyl sites for hydroxylation is 2. The third-order valence-corrected chi connectivity index (χ3v) is 6.86. The molecule has 0 heterocycles. The Balaban J connectivity index is 3.29. The summed E-state index contributed by atoms with van der Waals surface area (Å²) in [6.45, 7) is 7.45. The number of thioether (sulfide) groups is 1. The molecule has 21 heavy (non-hydrogen) atoms. The molecule has 0 aromatic heterocycles. The number of anilines is 1. The molecule has 0 amide bonds. The summed E-state index contributed by atoms with van der Waals surface area (Å²) in [6.07, 6.45) is 2.85. The minimum Gasteiger partial charge on any atom is -0.398 e. The number of rotatable bonds is 6. The number of nitrogens with zero attached hydrogens (tertiary/aromatic N) is 1. The van der Waals surface area contributed by atoms with Gasteiger partial charge in [0.2, 0.25) is 10.0 Å². The van der Waals surface area contributed by atoms with Crippen molar-refractivity contribution in [3.63, 3.8) is 0 Å². The number of nitrogens with two attached hydrogens (primary N) is 1. The third kappa shape index (κ3) is 3.73. The Morgan fingerprint density at radius 2 is 1.86 bits per heavy atom. The van der Waals surface area contributed by atoms with Crippen LogP contribution in [-0.4, -0.2) is 37.8 Å². The zero-order valence-electron chi connectivity index (χ0n) is 13.7. The number of sulfonamides is 1. The largest absolute Gasteiger partial charge is 0.398 e. The van der Waals surface area contributed by atoms with Gasteiger partial charge in [-0.25, -0.2) is 8.42 Å². The van der Waals surface area contributed by atoms with E-state index in [4.69, 9.17) is 5.73 Å². The topological polar surface area (TPSA) is 63.4 Å². The second kappa shape index (κ2) is 7.03. The normalized spacial score (nSPS) is 13.7. The summed E-state index contributed by atoms with van der Waals surface area (Å²) in [6, 6.07) is 1.80. The SMILES string of the molecule is CSCCC(C)N(C)S(=O)(=O)c1c(C)cc(C)c(N)c1C. The highest BCUT2D eigenvalue weighted by molar-refractivity contribution is 7.98. The summed E-state index contributed by atoms with van der Waals surface area (Å²) in [5.74, 6) is 0.940. The van der Waals surface area contributed by atoms with Crippen molar-refractivity contribution in [2.24, 2.45) is 0 Å². The predicted octanol–water partition coefficient (Wildman–Crippen LogP) is 2.96. The van der Waals surface area contributed by atoms with Crippen molar-refractivity contribution in [3.8, 4) is 0 Å². The Morgan fingerprint density at radius 1 is 1.29 bits per heavy atom. The summed E-state index contributed by atoms with van der Waals surface area (Å²) >= 11 is 1.72. The quantitative estimate of drug-likeness (QED) is 0.815. The van der Waals surface area contributed by atoms with Gasteiger partial charge in [0, 0.05) is 18.8 Å². The van der Waals surface area contributed by atoms with Crippen LogP contribution in [0.2, 0.25) is 0 Å². The first-order chi connectivity index (χ1) is 9.64. The van der Waals surface area contributed by atoms with E-state index in [0.717, 1.165) is 23.3 Å². The van der Waals surface area contributed by atoms with Crippen LogP contribution < -0.4 is 5.73 Å². The second-order valence-corrected chi connectivity index (χ2v) is 8.45. The number of benzene rings is 1. The third-order valence-electron chi connectivity index (χ3n) is 3.96. The van der Waals surface area contributed by atoms with Crippen molar-refractivity contribution in [2.45, 2.75) is 45.1 Å². The molecule has 0 spiro atoms. The molecule has 0 aliphatic carbocycles. The minimum absolute atomic E-state index is 0.0382. The van der Waals surface area contributed by atoms with Crippen molar-refractivity contribution < 1.29 is 8.42 Å². The molecule has 0 fully saturated rings. The van der Waals surface area contributed by atoms with Crippen molar-refractivity contribution in [1.29, 1.82) is 0 Å². The molecule has 2 N–H and O–H groups in total. The molecule has 0 bridgehead atoms. The van der Waals surface area contributed by atoms with Crippen LogP contribution in [0.4, 0.5) is 5.69 Å². The Labute approximate surface area is 133 Å². The summed E-state index contributed by atoms with van der Waals surface area (Å²) in [7, 11) is -1.88. The van der Waals surface area contributed by atoms with E-state index < -0.39 is 10.0 Å². The lowest BCUT2D eigenvalue weighted by atomic mass is 10.1. The van der Waals surface area contributed by atoms with E-state index in [9.17, 15) is 8.42 Å². The molecule has 1 aromatic carbocycles. The molecule has 0 saturated heterocycles. The van der Waals surface area contributed by atoms with Crippen molar-refractivity contribution in [2.75, 3.05) is 24.8 Å². The second-order valence-electron chi connectivity index (χ2n) is 5.53. The zero-order chi connectivity index (χ0) is 16.4. The Kier molecular flexibility index (Phi) is 6.13. The first kappa shape index (κ1) is 18.3. The van der Waals surface area contributed by atoms with Gasteiger partial charge >= 0.3 is 0 Å². The maximum Gasteiger partial charge on any atom is 0.243 e. The van der Waals surface area contributed by atoms with Crippen molar-refractivity contribution >= 4 is 27.5 Å². The number of nitrogen functional groups attached to an aromatic ring is 1. The van der Waals surface area contributed by atoms with Crippen LogP contribution in [0.3, 0.4) is 0 Å². The van der Waals surface area contributed by atoms with Crippen LogP contribution in [0.25, 0.3) is 0 Å². The van der Waals surface area contributed by atoms with Gasteiger partial charge in [0.15, 0.2) is 0 Å². The van der Waals surface area contributed by atoms with E-state index in [2.05, 4.69) is 0 Å². The molecule has 0 aliphatic heterocycles. The Bertz CT molecular complexity index is 613. The van der Waals surface area contributed by atoms with Crippen LogP contribution >= 0.6 is 11.8 Å². The summed E-state index contributed by atoms with van der Waals surface area (Å²) in [5.41, 5.74) is 8.90. The van der Waals surface area contributed by atoms with Crippen molar-refractivity contribution in [1.82, 2.24) is 4.31 Å². The molecule has 120 valence electrons.